The van der Waals surface area contributed by atoms with E-state index >= 15 is 0 Å². The Kier molecular flexibility index (Phi) is 4.94. The van der Waals surface area contributed by atoms with Gasteiger partial charge in [0.15, 0.2) is 5.75 Å². The summed E-state index contributed by atoms with van der Waals surface area (Å²) in [6.45, 7) is 2.03. The molecule has 0 saturated heterocycles. The van der Waals surface area contributed by atoms with Crippen LogP contribution in [-0.2, 0) is 4.74 Å². The van der Waals surface area contributed by atoms with Crippen LogP contribution >= 0.6 is 23.2 Å². The van der Waals surface area contributed by atoms with Gasteiger partial charge in [-0.05, 0) is 37.3 Å². The van der Waals surface area contributed by atoms with E-state index < -0.39 is 5.97 Å². The van der Waals surface area contributed by atoms with Crippen molar-refractivity contribution in [3.63, 3.8) is 0 Å². The lowest BCUT2D eigenvalue weighted by atomic mass is 10.2. The highest BCUT2D eigenvalue weighted by molar-refractivity contribution is 6.34. The maximum Gasteiger partial charge on any atom is 0.338 e. The van der Waals surface area contributed by atoms with Crippen LogP contribution in [0.3, 0.4) is 0 Å². The van der Waals surface area contributed by atoms with E-state index in [-0.39, 0.29) is 0 Å². The molecule has 0 radical (unpaired) electrons. The Morgan fingerprint density at radius 1 is 1.14 bits per heavy atom. The van der Waals surface area contributed by atoms with E-state index in [9.17, 15) is 4.79 Å². The minimum absolute atomic E-state index is 0.291. The summed E-state index contributed by atoms with van der Waals surface area (Å²) in [4.78, 5) is 11.7. The van der Waals surface area contributed by atoms with E-state index in [4.69, 9.17) is 38.4 Å². The minimum atomic E-state index is -0.445. The van der Waals surface area contributed by atoms with Crippen molar-refractivity contribution in [1.29, 1.82) is 0 Å². The van der Waals surface area contributed by atoms with Crippen LogP contribution in [0.5, 0.6) is 11.5 Å². The van der Waals surface area contributed by atoms with Gasteiger partial charge in [0, 0.05) is 11.1 Å². The number of carbonyl (C=O) groups is 1. The molecule has 6 heteroatoms. The fraction of sp³-hybridized carbons (Fsp3) is 0.133. The fourth-order valence-corrected chi connectivity index (χ4v) is 1.96. The van der Waals surface area contributed by atoms with Crippen molar-refractivity contribution in [3.05, 3.63) is 52.0 Å². The zero-order chi connectivity index (χ0) is 15.4. The lowest BCUT2D eigenvalue weighted by Crippen LogP contribution is -2.05. The zero-order valence-corrected chi connectivity index (χ0v) is 12.7. The fourth-order valence-electron chi connectivity index (χ4n) is 1.64. The number of rotatable bonds is 4. The molecule has 4 nitrogen and oxygen atoms in total. The van der Waals surface area contributed by atoms with Crippen LogP contribution in [0, 0.1) is 0 Å². The van der Waals surface area contributed by atoms with Gasteiger partial charge in [-0.3, -0.25) is 0 Å². The lowest BCUT2D eigenvalue weighted by molar-refractivity contribution is 0.0526. The molecule has 0 aliphatic rings. The number of esters is 1. The van der Waals surface area contributed by atoms with Gasteiger partial charge in [-0.1, -0.05) is 23.2 Å². The lowest BCUT2D eigenvalue weighted by Gasteiger charge is -2.11. The van der Waals surface area contributed by atoms with Gasteiger partial charge in [0.05, 0.1) is 22.9 Å². The third kappa shape index (κ3) is 3.80. The van der Waals surface area contributed by atoms with Crippen LogP contribution in [0.4, 0.5) is 5.69 Å². The van der Waals surface area contributed by atoms with Crippen LogP contribution in [0.2, 0.25) is 10.0 Å². The molecule has 2 aromatic rings. The molecule has 110 valence electrons. The predicted molar refractivity (Wildman–Crippen MR) is 83.3 cm³/mol. The number of hydrogen-bond acceptors (Lipinski definition) is 4. The Balaban J connectivity index is 2.33. The van der Waals surface area contributed by atoms with Gasteiger partial charge in [-0.25, -0.2) is 4.79 Å². The Bertz CT molecular complexity index is 674. The van der Waals surface area contributed by atoms with Gasteiger partial charge >= 0.3 is 5.97 Å². The average Bonchev–Trinajstić information content (AvgIpc) is 2.45. The molecule has 2 rings (SSSR count). The van der Waals surface area contributed by atoms with E-state index in [1.807, 2.05) is 0 Å². The molecular weight excluding hydrogens is 313 g/mol. The minimum Gasteiger partial charge on any atom is -0.462 e. The van der Waals surface area contributed by atoms with Crippen LogP contribution in [0.15, 0.2) is 36.4 Å². The Morgan fingerprint density at radius 3 is 2.62 bits per heavy atom. The molecule has 21 heavy (non-hydrogen) atoms. The Labute approximate surface area is 132 Å². The molecule has 0 saturated carbocycles. The van der Waals surface area contributed by atoms with E-state index in [0.29, 0.717) is 39.4 Å². The maximum atomic E-state index is 11.7. The summed E-state index contributed by atoms with van der Waals surface area (Å²) in [5.74, 6) is 0.223. The molecule has 0 amide bonds. The first-order valence-corrected chi connectivity index (χ1v) is 6.96. The van der Waals surface area contributed by atoms with Gasteiger partial charge in [0.25, 0.3) is 0 Å². The van der Waals surface area contributed by atoms with Crippen molar-refractivity contribution < 1.29 is 14.3 Å². The van der Waals surface area contributed by atoms with Crippen LogP contribution in [0.25, 0.3) is 0 Å². The first-order valence-electron chi connectivity index (χ1n) is 6.20. The van der Waals surface area contributed by atoms with Crippen molar-refractivity contribution in [2.75, 3.05) is 12.3 Å². The van der Waals surface area contributed by atoms with Crippen molar-refractivity contribution in [1.82, 2.24) is 0 Å². The summed E-state index contributed by atoms with van der Waals surface area (Å²) < 4.78 is 10.6. The standard InChI is InChI=1S/C15H13Cl2NO3/c1-2-20-15(19)9-3-6-12(18)14(7-9)21-13-8-10(16)4-5-11(13)17/h3-8H,2,18H2,1H3. The SMILES string of the molecule is CCOC(=O)c1ccc(N)c(Oc2cc(Cl)ccc2Cl)c1. The van der Waals surface area contributed by atoms with Crippen LogP contribution < -0.4 is 10.5 Å². The van der Waals surface area contributed by atoms with E-state index in [2.05, 4.69) is 0 Å². The number of ether oxygens (including phenoxy) is 2. The number of halogens is 2. The van der Waals surface area contributed by atoms with Gasteiger partial charge in [-0.15, -0.1) is 0 Å². The predicted octanol–water partition coefficient (Wildman–Crippen LogP) is 4.54. The first kappa shape index (κ1) is 15.5. The van der Waals surface area contributed by atoms with Gasteiger partial charge in [0.1, 0.15) is 5.75 Å². The van der Waals surface area contributed by atoms with Gasteiger partial charge < -0.3 is 15.2 Å². The third-order valence-electron chi connectivity index (χ3n) is 2.64. The van der Waals surface area contributed by atoms with Crippen LogP contribution in [-0.4, -0.2) is 12.6 Å². The Morgan fingerprint density at radius 2 is 1.90 bits per heavy atom. The van der Waals surface area contributed by atoms with Gasteiger partial charge in [-0.2, -0.15) is 0 Å². The van der Waals surface area contributed by atoms with Crippen LogP contribution in [0.1, 0.15) is 17.3 Å². The molecule has 0 bridgehead atoms. The molecule has 0 unspecified atom stereocenters. The molecule has 0 spiro atoms. The van der Waals surface area contributed by atoms with Crippen molar-refractivity contribution >= 4 is 34.9 Å². The van der Waals surface area contributed by atoms with E-state index in [1.165, 1.54) is 6.07 Å². The molecule has 2 aromatic carbocycles. The van der Waals surface area contributed by atoms with Crippen molar-refractivity contribution in [2.45, 2.75) is 6.92 Å². The highest BCUT2D eigenvalue weighted by Crippen LogP contribution is 2.34. The number of benzene rings is 2. The van der Waals surface area contributed by atoms with Crippen molar-refractivity contribution in [3.8, 4) is 11.5 Å². The Hall–Kier alpha value is -1.91. The largest absolute Gasteiger partial charge is 0.462 e. The number of hydrogen-bond donors (Lipinski definition) is 1. The molecule has 0 aliphatic carbocycles. The summed E-state index contributed by atoms with van der Waals surface area (Å²) in [6.07, 6.45) is 0. The number of anilines is 1. The summed E-state index contributed by atoms with van der Waals surface area (Å²) >= 11 is 11.9. The summed E-state index contributed by atoms with van der Waals surface area (Å²) in [7, 11) is 0. The summed E-state index contributed by atoms with van der Waals surface area (Å²) in [5.41, 5.74) is 6.57. The maximum absolute atomic E-state index is 11.7. The normalized spacial score (nSPS) is 10.2. The molecule has 0 fully saturated rings. The number of nitrogen functional groups attached to an aromatic ring is 1. The summed E-state index contributed by atoms with van der Waals surface area (Å²) in [5, 5.41) is 0.870. The monoisotopic (exact) mass is 325 g/mol. The second kappa shape index (κ2) is 6.70. The molecule has 0 aromatic heterocycles. The van der Waals surface area contributed by atoms with Crippen molar-refractivity contribution in [2.24, 2.45) is 0 Å². The molecule has 0 heterocycles. The first-order chi connectivity index (χ1) is 10.0. The highest BCUT2D eigenvalue weighted by atomic mass is 35.5. The topological polar surface area (TPSA) is 61.5 Å². The smallest absolute Gasteiger partial charge is 0.338 e. The van der Waals surface area contributed by atoms with Gasteiger partial charge in [0.2, 0.25) is 0 Å². The average molecular weight is 326 g/mol. The van der Waals surface area contributed by atoms with E-state index in [1.54, 1.807) is 37.3 Å². The molecular formula is C15H13Cl2NO3. The second-order valence-corrected chi connectivity index (χ2v) is 4.99. The second-order valence-electron chi connectivity index (χ2n) is 4.15. The molecule has 0 atom stereocenters. The third-order valence-corrected chi connectivity index (χ3v) is 3.19. The number of carbonyl (C=O) groups excluding carboxylic acids is 1. The highest BCUT2D eigenvalue weighted by Gasteiger charge is 2.12. The quantitative estimate of drug-likeness (QED) is 0.662. The molecule has 2 N–H and O–H groups in total. The number of nitrogens with two attached hydrogens (primary N) is 1. The van der Waals surface area contributed by atoms with E-state index in [0.717, 1.165) is 0 Å². The summed E-state index contributed by atoms with van der Waals surface area (Å²) in [6, 6.07) is 9.48. The zero-order valence-electron chi connectivity index (χ0n) is 11.2. The molecule has 0 aliphatic heterocycles.